The molecule has 18 heavy (non-hydrogen) atoms. The van der Waals surface area contributed by atoms with Crippen LogP contribution in [0.3, 0.4) is 0 Å². The number of likely N-dealkylation sites (tertiary alicyclic amines) is 1. The zero-order valence-electron chi connectivity index (χ0n) is 10.7. The van der Waals surface area contributed by atoms with Crippen LogP contribution in [0.25, 0.3) is 0 Å². The number of allylic oxidation sites excluding steroid dienone is 2. The molecule has 1 saturated heterocycles. The van der Waals surface area contributed by atoms with E-state index in [1.807, 2.05) is 17.1 Å². The molecule has 0 bridgehead atoms. The third-order valence-electron chi connectivity index (χ3n) is 3.98. The zero-order chi connectivity index (χ0) is 13.0. The lowest BCUT2D eigenvalue weighted by Crippen LogP contribution is -2.42. The summed E-state index contributed by atoms with van der Waals surface area (Å²) in [7, 11) is 0. The van der Waals surface area contributed by atoms with Crippen LogP contribution in [-0.4, -0.2) is 35.0 Å². The Hall–Kier alpha value is -1.32. The van der Waals surface area contributed by atoms with Crippen molar-refractivity contribution in [2.24, 2.45) is 11.8 Å². The number of carbonyl (C=O) groups excluding carboxylic acids is 1. The number of carboxylic acids is 1. The number of carboxylic acid groups (broad SMARTS) is 1. The Balaban J connectivity index is 2.05. The second-order valence-corrected chi connectivity index (χ2v) is 5.23. The fourth-order valence-corrected chi connectivity index (χ4v) is 2.89. The standard InChI is InChI=1S/C14H21NO3/c16-13(15-9-5-1-2-6-10-15)11-7-3-4-8-12(11)14(17)18/h3-4,11-12H,1-2,5-10H2,(H,17,18)/t11-,12-/m0/s1. The van der Waals surface area contributed by atoms with Crippen molar-refractivity contribution in [3.63, 3.8) is 0 Å². The Morgan fingerprint density at radius 3 is 2.06 bits per heavy atom. The summed E-state index contributed by atoms with van der Waals surface area (Å²) in [4.78, 5) is 25.5. The minimum Gasteiger partial charge on any atom is -0.481 e. The fourth-order valence-electron chi connectivity index (χ4n) is 2.89. The Kier molecular flexibility index (Phi) is 4.39. The second-order valence-electron chi connectivity index (χ2n) is 5.23. The molecule has 1 aliphatic carbocycles. The van der Waals surface area contributed by atoms with Crippen LogP contribution in [-0.2, 0) is 9.59 Å². The van der Waals surface area contributed by atoms with Gasteiger partial charge < -0.3 is 10.0 Å². The minimum absolute atomic E-state index is 0.0497. The molecule has 1 heterocycles. The quantitative estimate of drug-likeness (QED) is 0.764. The van der Waals surface area contributed by atoms with Gasteiger partial charge in [0.15, 0.2) is 0 Å². The normalized spacial score (nSPS) is 28.8. The van der Waals surface area contributed by atoms with Gasteiger partial charge in [0.25, 0.3) is 0 Å². The lowest BCUT2D eigenvalue weighted by molar-refractivity contribution is -0.150. The van der Waals surface area contributed by atoms with Crippen LogP contribution in [0.2, 0.25) is 0 Å². The van der Waals surface area contributed by atoms with E-state index >= 15 is 0 Å². The van der Waals surface area contributed by atoms with Crippen molar-refractivity contribution in [1.82, 2.24) is 4.90 Å². The van der Waals surface area contributed by atoms with Crippen molar-refractivity contribution in [1.29, 1.82) is 0 Å². The molecule has 0 radical (unpaired) electrons. The number of hydrogen-bond donors (Lipinski definition) is 1. The summed E-state index contributed by atoms with van der Waals surface area (Å²) in [6, 6.07) is 0. The highest BCUT2D eigenvalue weighted by Crippen LogP contribution is 2.28. The summed E-state index contributed by atoms with van der Waals surface area (Å²) in [5, 5.41) is 9.21. The highest BCUT2D eigenvalue weighted by atomic mass is 16.4. The molecule has 0 saturated carbocycles. The molecule has 4 heteroatoms. The van der Waals surface area contributed by atoms with Crippen LogP contribution in [0.4, 0.5) is 0 Å². The largest absolute Gasteiger partial charge is 0.481 e. The van der Waals surface area contributed by atoms with Gasteiger partial charge in [0.1, 0.15) is 0 Å². The van der Waals surface area contributed by atoms with Gasteiger partial charge in [-0.2, -0.15) is 0 Å². The lowest BCUT2D eigenvalue weighted by Gasteiger charge is -2.30. The Morgan fingerprint density at radius 1 is 0.944 bits per heavy atom. The maximum absolute atomic E-state index is 12.4. The highest BCUT2D eigenvalue weighted by molar-refractivity contribution is 5.85. The van der Waals surface area contributed by atoms with Crippen molar-refractivity contribution in [2.45, 2.75) is 38.5 Å². The van der Waals surface area contributed by atoms with Crippen molar-refractivity contribution < 1.29 is 14.7 Å². The van der Waals surface area contributed by atoms with E-state index in [0.717, 1.165) is 25.9 Å². The first-order valence-electron chi connectivity index (χ1n) is 6.86. The molecule has 4 nitrogen and oxygen atoms in total. The van der Waals surface area contributed by atoms with E-state index in [-0.39, 0.29) is 11.8 Å². The van der Waals surface area contributed by atoms with Gasteiger partial charge >= 0.3 is 5.97 Å². The molecular weight excluding hydrogens is 230 g/mol. The molecular formula is C14H21NO3. The summed E-state index contributed by atoms with van der Waals surface area (Å²) >= 11 is 0. The third-order valence-corrected chi connectivity index (χ3v) is 3.98. The van der Waals surface area contributed by atoms with E-state index in [4.69, 9.17) is 0 Å². The van der Waals surface area contributed by atoms with Gasteiger partial charge in [0.05, 0.1) is 11.8 Å². The SMILES string of the molecule is O=C(O)[C@H]1CC=CC[C@@H]1C(=O)N1CCCCCC1. The Labute approximate surface area is 108 Å². The van der Waals surface area contributed by atoms with Crippen molar-refractivity contribution >= 4 is 11.9 Å². The number of aliphatic carboxylic acids is 1. The predicted molar refractivity (Wildman–Crippen MR) is 68.0 cm³/mol. The van der Waals surface area contributed by atoms with Crippen LogP contribution in [0.15, 0.2) is 12.2 Å². The second kappa shape index (κ2) is 6.03. The van der Waals surface area contributed by atoms with Gasteiger partial charge in [0.2, 0.25) is 5.91 Å². The molecule has 2 aliphatic rings. The molecule has 0 spiro atoms. The molecule has 2 atom stereocenters. The number of nitrogens with zero attached hydrogens (tertiary/aromatic N) is 1. The summed E-state index contributed by atoms with van der Waals surface area (Å²) in [6.45, 7) is 1.59. The van der Waals surface area contributed by atoms with Crippen molar-refractivity contribution in [3.05, 3.63) is 12.2 Å². The molecule has 0 unspecified atom stereocenters. The van der Waals surface area contributed by atoms with Crippen molar-refractivity contribution in [3.8, 4) is 0 Å². The molecule has 2 rings (SSSR count). The number of rotatable bonds is 2. The van der Waals surface area contributed by atoms with E-state index in [1.165, 1.54) is 12.8 Å². The van der Waals surface area contributed by atoms with E-state index < -0.39 is 11.9 Å². The molecule has 0 aromatic carbocycles. The van der Waals surface area contributed by atoms with E-state index in [9.17, 15) is 14.7 Å². The maximum Gasteiger partial charge on any atom is 0.307 e. The third kappa shape index (κ3) is 2.92. The topological polar surface area (TPSA) is 57.6 Å². The van der Waals surface area contributed by atoms with Gasteiger partial charge in [0, 0.05) is 13.1 Å². The zero-order valence-corrected chi connectivity index (χ0v) is 10.7. The first-order valence-corrected chi connectivity index (χ1v) is 6.86. The summed E-state index contributed by atoms with van der Waals surface area (Å²) in [6.07, 6.45) is 9.34. The molecule has 1 aliphatic heterocycles. The molecule has 0 aromatic heterocycles. The van der Waals surface area contributed by atoms with E-state index in [1.54, 1.807) is 0 Å². The maximum atomic E-state index is 12.4. The monoisotopic (exact) mass is 251 g/mol. The van der Waals surface area contributed by atoms with Gasteiger partial charge in [-0.1, -0.05) is 25.0 Å². The smallest absolute Gasteiger partial charge is 0.307 e. The molecule has 1 N–H and O–H groups in total. The van der Waals surface area contributed by atoms with Gasteiger partial charge in [-0.15, -0.1) is 0 Å². The average molecular weight is 251 g/mol. The predicted octanol–water partition coefficient (Wildman–Crippen LogP) is 2.06. The van der Waals surface area contributed by atoms with Gasteiger partial charge in [-0.25, -0.2) is 0 Å². The van der Waals surface area contributed by atoms with Crippen LogP contribution in [0.5, 0.6) is 0 Å². The summed E-state index contributed by atoms with van der Waals surface area (Å²) < 4.78 is 0. The van der Waals surface area contributed by atoms with E-state index in [2.05, 4.69) is 0 Å². The van der Waals surface area contributed by atoms with Crippen LogP contribution < -0.4 is 0 Å². The van der Waals surface area contributed by atoms with Gasteiger partial charge in [-0.3, -0.25) is 9.59 Å². The fraction of sp³-hybridized carbons (Fsp3) is 0.714. The average Bonchev–Trinajstić information content (AvgIpc) is 2.66. The first-order chi connectivity index (χ1) is 8.70. The summed E-state index contributed by atoms with van der Waals surface area (Å²) in [5.74, 6) is -1.68. The van der Waals surface area contributed by atoms with E-state index in [0.29, 0.717) is 12.8 Å². The van der Waals surface area contributed by atoms with Crippen molar-refractivity contribution in [2.75, 3.05) is 13.1 Å². The lowest BCUT2D eigenvalue weighted by atomic mass is 9.82. The minimum atomic E-state index is -0.840. The number of amides is 1. The Bertz CT molecular complexity index is 343. The molecule has 100 valence electrons. The number of hydrogen-bond acceptors (Lipinski definition) is 2. The number of carbonyl (C=O) groups is 2. The molecule has 0 aromatic rings. The van der Waals surface area contributed by atoms with Crippen LogP contribution in [0, 0.1) is 11.8 Å². The molecule has 1 fully saturated rings. The van der Waals surface area contributed by atoms with Gasteiger partial charge in [-0.05, 0) is 25.7 Å². The van der Waals surface area contributed by atoms with Crippen LogP contribution >= 0.6 is 0 Å². The highest BCUT2D eigenvalue weighted by Gasteiger charge is 2.36. The molecule has 1 amide bonds. The summed E-state index contributed by atoms with van der Waals surface area (Å²) in [5.41, 5.74) is 0. The Morgan fingerprint density at radius 2 is 1.50 bits per heavy atom. The van der Waals surface area contributed by atoms with Crippen LogP contribution in [0.1, 0.15) is 38.5 Å². The first kappa shape index (κ1) is 13.1.